The van der Waals surface area contributed by atoms with Crippen molar-refractivity contribution in [3.63, 3.8) is 0 Å². The number of nitrogens with zero attached hydrogens (tertiary/aromatic N) is 3. The van der Waals surface area contributed by atoms with Crippen LogP contribution in [-0.2, 0) is 12.8 Å². The number of anilines is 1. The zero-order valence-electron chi connectivity index (χ0n) is 16.9. The topological polar surface area (TPSA) is 58.5 Å². The summed E-state index contributed by atoms with van der Waals surface area (Å²) in [6.45, 7) is 4.67. The average Bonchev–Trinajstić information content (AvgIpc) is 2.70. The van der Waals surface area contributed by atoms with Crippen LogP contribution < -0.4 is 9.64 Å². The van der Waals surface area contributed by atoms with Crippen molar-refractivity contribution in [3.8, 4) is 5.75 Å². The normalized spacial score (nSPS) is 18.4. The van der Waals surface area contributed by atoms with Crippen molar-refractivity contribution in [2.75, 3.05) is 18.0 Å². The van der Waals surface area contributed by atoms with Crippen LogP contribution >= 0.6 is 0 Å². The Kier molecular flexibility index (Phi) is 7.57. The molecule has 1 N–H and O–H groups in total. The first kappa shape index (κ1) is 23.8. The van der Waals surface area contributed by atoms with Crippen molar-refractivity contribution in [1.82, 2.24) is 9.97 Å². The molecule has 1 aromatic heterocycles. The Bertz CT molecular complexity index is 828. The molecule has 3 rings (SSSR count). The summed E-state index contributed by atoms with van der Waals surface area (Å²) in [6, 6.07) is 3.86. The molecule has 1 aliphatic rings. The molecule has 2 aromatic rings. The van der Waals surface area contributed by atoms with Crippen LogP contribution in [0, 0.1) is 6.92 Å². The number of halogens is 5. The Morgan fingerprint density at radius 2 is 1.83 bits per heavy atom. The summed E-state index contributed by atoms with van der Waals surface area (Å²) in [6.07, 6.45) is -3.89. The smallest absolute Gasteiger partial charge is 0.416 e. The highest BCUT2D eigenvalue weighted by Crippen LogP contribution is 2.34. The number of benzene rings is 1. The lowest BCUT2D eigenvalue weighted by atomic mass is 10.0. The van der Waals surface area contributed by atoms with Crippen molar-refractivity contribution in [3.05, 3.63) is 47.3 Å². The zero-order valence-corrected chi connectivity index (χ0v) is 16.9. The third-order valence-corrected chi connectivity index (χ3v) is 4.56. The standard InChI is InChI=1S/C18H18F5N3O2.C2H6/c1-11-3-2-4-14(18(21,22)23)13(11)9-28-12-7-24-16(25-8-12)26-6-5-15(27)17(19,20)10-26;1-2/h2-4,7-8,15,27H,5-6,9-10H2,1H3;1-2H3. The molecular weight excluding hydrogens is 409 g/mol. The van der Waals surface area contributed by atoms with Gasteiger partial charge in [0.2, 0.25) is 5.95 Å². The molecule has 0 amide bonds. The van der Waals surface area contributed by atoms with E-state index in [-0.39, 0.29) is 36.8 Å². The summed E-state index contributed by atoms with van der Waals surface area (Å²) in [5, 5.41) is 9.31. The van der Waals surface area contributed by atoms with Crippen LogP contribution in [0.4, 0.5) is 27.9 Å². The fourth-order valence-electron chi connectivity index (χ4n) is 2.96. The van der Waals surface area contributed by atoms with E-state index in [9.17, 15) is 27.1 Å². The summed E-state index contributed by atoms with van der Waals surface area (Å²) in [7, 11) is 0. The monoisotopic (exact) mass is 433 g/mol. The van der Waals surface area contributed by atoms with Gasteiger partial charge in [0.1, 0.15) is 12.7 Å². The van der Waals surface area contributed by atoms with E-state index in [0.29, 0.717) is 5.56 Å². The van der Waals surface area contributed by atoms with Gasteiger partial charge in [0, 0.05) is 12.1 Å². The molecule has 0 aliphatic carbocycles. The SMILES string of the molecule is CC.Cc1cccc(C(F)(F)F)c1COc1cnc(N2CCC(O)C(F)(F)C2)nc1. The Balaban J connectivity index is 0.00000155. The number of aliphatic hydroxyl groups is 1. The highest BCUT2D eigenvalue weighted by Gasteiger charge is 2.44. The molecule has 1 saturated heterocycles. The maximum absolute atomic E-state index is 13.6. The van der Waals surface area contributed by atoms with E-state index in [4.69, 9.17) is 4.74 Å². The van der Waals surface area contributed by atoms with Gasteiger partial charge >= 0.3 is 6.18 Å². The van der Waals surface area contributed by atoms with Gasteiger partial charge in [0.15, 0.2) is 5.75 Å². The first-order valence-corrected chi connectivity index (χ1v) is 9.49. The summed E-state index contributed by atoms with van der Waals surface area (Å²) in [5.41, 5.74) is -0.343. The Morgan fingerprint density at radius 1 is 1.20 bits per heavy atom. The number of hydrogen-bond acceptors (Lipinski definition) is 5. The second kappa shape index (κ2) is 9.55. The van der Waals surface area contributed by atoms with Gasteiger partial charge < -0.3 is 14.7 Å². The van der Waals surface area contributed by atoms with E-state index < -0.39 is 30.3 Å². The summed E-state index contributed by atoms with van der Waals surface area (Å²) in [5.74, 6) is -3.12. The number of rotatable bonds is 4. The van der Waals surface area contributed by atoms with Gasteiger partial charge in [0.25, 0.3) is 5.92 Å². The van der Waals surface area contributed by atoms with E-state index in [0.717, 1.165) is 6.07 Å². The summed E-state index contributed by atoms with van der Waals surface area (Å²) in [4.78, 5) is 9.14. The van der Waals surface area contributed by atoms with Gasteiger partial charge in [-0.15, -0.1) is 0 Å². The van der Waals surface area contributed by atoms with Crippen LogP contribution in [0.15, 0.2) is 30.6 Å². The van der Waals surface area contributed by atoms with Gasteiger partial charge in [-0.2, -0.15) is 13.2 Å². The van der Waals surface area contributed by atoms with Gasteiger partial charge in [0.05, 0.1) is 24.5 Å². The summed E-state index contributed by atoms with van der Waals surface area (Å²) >= 11 is 0. The van der Waals surface area contributed by atoms with Crippen molar-refractivity contribution in [2.45, 2.75) is 52.0 Å². The maximum atomic E-state index is 13.6. The maximum Gasteiger partial charge on any atom is 0.416 e. The van der Waals surface area contributed by atoms with Gasteiger partial charge in [-0.05, 0) is 25.0 Å². The largest absolute Gasteiger partial charge is 0.486 e. The number of aliphatic hydroxyl groups excluding tert-OH is 1. The number of ether oxygens (including phenoxy) is 1. The quantitative estimate of drug-likeness (QED) is 0.714. The number of hydrogen-bond donors (Lipinski definition) is 1. The van der Waals surface area contributed by atoms with Gasteiger partial charge in [-0.3, -0.25) is 0 Å². The predicted octanol–water partition coefficient (Wildman–Crippen LogP) is 4.62. The zero-order chi connectivity index (χ0) is 22.5. The minimum absolute atomic E-state index is 0.00346. The molecule has 5 nitrogen and oxygen atoms in total. The molecule has 1 aromatic carbocycles. The molecule has 0 bridgehead atoms. The summed E-state index contributed by atoms with van der Waals surface area (Å²) < 4.78 is 72.1. The van der Waals surface area contributed by atoms with Crippen LogP contribution in [0.25, 0.3) is 0 Å². The minimum Gasteiger partial charge on any atom is -0.486 e. The number of aromatic nitrogens is 2. The van der Waals surface area contributed by atoms with Crippen molar-refractivity contribution in [2.24, 2.45) is 0 Å². The first-order valence-electron chi connectivity index (χ1n) is 9.49. The minimum atomic E-state index is -4.50. The lowest BCUT2D eigenvalue weighted by Gasteiger charge is -2.35. The lowest BCUT2D eigenvalue weighted by molar-refractivity contribution is -0.138. The van der Waals surface area contributed by atoms with Crippen LogP contribution in [-0.4, -0.2) is 40.2 Å². The van der Waals surface area contributed by atoms with Crippen LogP contribution in [0.5, 0.6) is 5.75 Å². The van der Waals surface area contributed by atoms with E-state index in [1.165, 1.54) is 23.4 Å². The van der Waals surface area contributed by atoms with Crippen LogP contribution in [0.3, 0.4) is 0 Å². The molecule has 2 heterocycles. The molecule has 0 saturated carbocycles. The molecule has 0 radical (unpaired) electrons. The number of alkyl halides is 5. The fourth-order valence-corrected chi connectivity index (χ4v) is 2.96. The third kappa shape index (κ3) is 5.56. The van der Waals surface area contributed by atoms with Crippen LogP contribution in [0.2, 0.25) is 0 Å². The first-order chi connectivity index (χ1) is 14.1. The average molecular weight is 433 g/mol. The Morgan fingerprint density at radius 3 is 2.40 bits per heavy atom. The number of piperidine rings is 1. The molecule has 1 aliphatic heterocycles. The number of aryl methyl sites for hydroxylation is 1. The van der Waals surface area contributed by atoms with Crippen molar-refractivity contribution in [1.29, 1.82) is 0 Å². The van der Waals surface area contributed by atoms with E-state index in [2.05, 4.69) is 9.97 Å². The predicted molar refractivity (Wildman–Crippen MR) is 102 cm³/mol. The highest BCUT2D eigenvalue weighted by molar-refractivity contribution is 5.37. The second-order valence-corrected chi connectivity index (χ2v) is 6.59. The van der Waals surface area contributed by atoms with Gasteiger partial charge in [-0.1, -0.05) is 26.0 Å². The lowest BCUT2D eigenvalue weighted by Crippen LogP contribution is -2.52. The fraction of sp³-hybridized carbons (Fsp3) is 0.500. The Hall–Kier alpha value is -2.49. The second-order valence-electron chi connectivity index (χ2n) is 6.59. The van der Waals surface area contributed by atoms with Crippen LogP contribution in [0.1, 0.15) is 37.0 Å². The molecule has 1 fully saturated rings. The van der Waals surface area contributed by atoms with E-state index in [1.807, 2.05) is 13.8 Å². The Labute approximate surface area is 171 Å². The van der Waals surface area contributed by atoms with Gasteiger partial charge in [-0.25, -0.2) is 18.7 Å². The highest BCUT2D eigenvalue weighted by atomic mass is 19.4. The molecular formula is C20H24F5N3O2. The van der Waals surface area contributed by atoms with Crippen molar-refractivity contribution >= 4 is 5.95 Å². The van der Waals surface area contributed by atoms with E-state index in [1.54, 1.807) is 13.0 Å². The molecule has 30 heavy (non-hydrogen) atoms. The molecule has 166 valence electrons. The molecule has 1 unspecified atom stereocenters. The van der Waals surface area contributed by atoms with E-state index >= 15 is 0 Å². The molecule has 1 atom stereocenters. The molecule has 10 heteroatoms. The van der Waals surface area contributed by atoms with Crippen molar-refractivity contribution < 1.29 is 31.8 Å². The third-order valence-electron chi connectivity index (χ3n) is 4.56. The molecule has 0 spiro atoms.